The molecule has 2 aliphatic heterocycles. The van der Waals surface area contributed by atoms with Gasteiger partial charge in [0.15, 0.2) is 0 Å². The Bertz CT molecular complexity index is 394. The van der Waals surface area contributed by atoms with Crippen molar-refractivity contribution >= 4 is 5.91 Å². The van der Waals surface area contributed by atoms with E-state index in [2.05, 4.69) is 37.9 Å². The Labute approximate surface area is 128 Å². The topological polar surface area (TPSA) is 41.6 Å². The van der Waals surface area contributed by atoms with Gasteiger partial charge in [0.2, 0.25) is 5.91 Å². The minimum absolute atomic E-state index is 0.0112. The summed E-state index contributed by atoms with van der Waals surface area (Å²) in [5.41, 5.74) is 0. The predicted molar refractivity (Wildman–Crippen MR) is 82.7 cm³/mol. The van der Waals surface area contributed by atoms with E-state index in [-0.39, 0.29) is 18.3 Å². The molecule has 120 valence electrons. The highest BCUT2D eigenvalue weighted by Crippen LogP contribution is 2.42. The molecule has 1 N–H and O–H groups in total. The Morgan fingerprint density at radius 3 is 2.57 bits per heavy atom. The van der Waals surface area contributed by atoms with E-state index >= 15 is 0 Å². The van der Waals surface area contributed by atoms with Gasteiger partial charge in [-0.1, -0.05) is 34.1 Å². The molecular weight excluding hydrogens is 264 g/mol. The van der Waals surface area contributed by atoms with Crippen molar-refractivity contribution in [2.75, 3.05) is 6.61 Å². The molecule has 0 aromatic carbocycles. The summed E-state index contributed by atoms with van der Waals surface area (Å²) < 4.78 is 5.98. The average Bonchev–Trinajstić information content (AvgIpc) is 3.09. The van der Waals surface area contributed by atoms with Gasteiger partial charge < -0.3 is 9.64 Å². The number of nitrogens with one attached hydrogen (secondary N) is 1. The van der Waals surface area contributed by atoms with E-state index < -0.39 is 0 Å². The molecule has 0 aromatic rings. The number of nitrogens with zero attached hydrogens (tertiary/aromatic N) is 1. The summed E-state index contributed by atoms with van der Waals surface area (Å²) in [4.78, 5) is 15.2. The van der Waals surface area contributed by atoms with Gasteiger partial charge in [-0.2, -0.15) is 0 Å². The second-order valence-corrected chi connectivity index (χ2v) is 7.49. The first-order chi connectivity index (χ1) is 10.0. The van der Waals surface area contributed by atoms with Crippen LogP contribution in [0.5, 0.6) is 0 Å². The first-order valence-corrected chi connectivity index (χ1v) is 8.74. The fraction of sp³-hybridized carbons (Fsp3) is 0.941. The molecule has 3 rings (SSSR count). The van der Waals surface area contributed by atoms with Crippen molar-refractivity contribution in [3.8, 4) is 0 Å². The van der Waals surface area contributed by atoms with Crippen LogP contribution in [-0.2, 0) is 9.53 Å². The summed E-state index contributed by atoms with van der Waals surface area (Å²) in [7, 11) is 0. The van der Waals surface area contributed by atoms with Crippen LogP contribution >= 0.6 is 0 Å². The van der Waals surface area contributed by atoms with Crippen LogP contribution in [-0.4, -0.2) is 41.8 Å². The standard InChI is InChI=1S/C17H30N2O2/c1-5-11(4)14-17(20)19(16(18-14)10(2)3)13-8-9-21-15(13)12-6-7-12/h10-16,18H,5-9H2,1-4H3. The lowest BCUT2D eigenvalue weighted by Gasteiger charge is -2.35. The summed E-state index contributed by atoms with van der Waals surface area (Å²) in [5.74, 6) is 1.83. The van der Waals surface area contributed by atoms with Gasteiger partial charge >= 0.3 is 0 Å². The first kappa shape index (κ1) is 15.3. The lowest BCUT2D eigenvalue weighted by molar-refractivity contribution is -0.135. The molecule has 0 bridgehead atoms. The van der Waals surface area contributed by atoms with E-state index in [0.29, 0.717) is 29.7 Å². The minimum Gasteiger partial charge on any atom is -0.376 e. The van der Waals surface area contributed by atoms with Crippen molar-refractivity contribution in [3.63, 3.8) is 0 Å². The molecule has 1 aliphatic carbocycles. The van der Waals surface area contributed by atoms with Crippen LogP contribution in [0.1, 0.15) is 53.4 Å². The van der Waals surface area contributed by atoms with Gasteiger partial charge in [-0.25, -0.2) is 0 Å². The lowest BCUT2D eigenvalue weighted by atomic mass is 9.98. The van der Waals surface area contributed by atoms with Gasteiger partial charge in [0.1, 0.15) is 0 Å². The minimum atomic E-state index is -0.0112. The number of carbonyl (C=O) groups is 1. The third-order valence-electron chi connectivity index (χ3n) is 5.56. The Kier molecular flexibility index (Phi) is 4.28. The molecule has 0 radical (unpaired) electrons. The zero-order valence-electron chi connectivity index (χ0n) is 13.8. The van der Waals surface area contributed by atoms with Crippen molar-refractivity contribution in [1.29, 1.82) is 0 Å². The van der Waals surface area contributed by atoms with Crippen molar-refractivity contribution in [2.24, 2.45) is 17.8 Å². The third kappa shape index (κ3) is 2.72. The van der Waals surface area contributed by atoms with Crippen LogP contribution in [0.3, 0.4) is 0 Å². The van der Waals surface area contributed by atoms with Gasteiger partial charge in [-0.05, 0) is 37.0 Å². The summed E-state index contributed by atoms with van der Waals surface area (Å²) in [6.07, 6.45) is 5.05. The maximum Gasteiger partial charge on any atom is 0.241 e. The van der Waals surface area contributed by atoms with Crippen LogP contribution in [0.25, 0.3) is 0 Å². The van der Waals surface area contributed by atoms with Crippen LogP contribution < -0.4 is 5.32 Å². The maximum atomic E-state index is 13.0. The highest BCUT2D eigenvalue weighted by atomic mass is 16.5. The molecule has 2 heterocycles. The Morgan fingerprint density at radius 1 is 1.29 bits per heavy atom. The molecule has 1 saturated carbocycles. The number of rotatable bonds is 5. The molecule has 1 amide bonds. The maximum absolute atomic E-state index is 13.0. The van der Waals surface area contributed by atoms with Crippen molar-refractivity contribution in [1.82, 2.24) is 10.2 Å². The summed E-state index contributed by atoms with van der Waals surface area (Å²) in [6.45, 7) is 9.57. The van der Waals surface area contributed by atoms with Crippen LogP contribution in [0.2, 0.25) is 0 Å². The van der Waals surface area contributed by atoms with Crippen LogP contribution in [0, 0.1) is 17.8 Å². The molecule has 3 fully saturated rings. The number of carbonyl (C=O) groups excluding carboxylic acids is 1. The van der Waals surface area contributed by atoms with E-state index in [4.69, 9.17) is 4.74 Å². The molecule has 0 aromatic heterocycles. The molecule has 4 heteroatoms. The van der Waals surface area contributed by atoms with E-state index in [1.165, 1.54) is 12.8 Å². The predicted octanol–water partition coefficient (Wildman–Crippen LogP) is 2.38. The SMILES string of the molecule is CCC(C)C1NC(C(C)C)N(C2CCOC2C2CC2)C1=O. The van der Waals surface area contributed by atoms with Crippen molar-refractivity contribution in [3.05, 3.63) is 0 Å². The molecule has 0 spiro atoms. The number of amides is 1. The van der Waals surface area contributed by atoms with Crippen molar-refractivity contribution < 1.29 is 9.53 Å². The molecule has 3 aliphatic rings. The fourth-order valence-corrected chi connectivity index (χ4v) is 3.93. The quantitative estimate of drug-likeness (QED) is 0.846. The largest absolute Gasteiger partial charge is 0.376 e. The number of hydrogen-bond acceptors (Lipinski definition) is 3. The normalized spacial score (nSPS) is 38.5. The lowest BCUT2D eigenvalue weighted by Crippen LogP contribution is -2.50. The Hall–Kier alpha value is -0.610. The second-order valence-electron chi connectivity index (χ2n) is 7.49. The smallest absolute Gasteiger partial charge is 0.241 e. The van der Waals surface area contributed by atoms with E-state index in [1.54, 1.807) is 0 Å². The fourth-order valence-electron chi connectivity index (χ4n) is 3.93. The summed E-state index contributed by atoms with van der Waals surface area (Å²) in [5, 5.41) is 3.62. The zero-order valence-corrected chi connectivity index (χ0v) is 13.8. The average molecular weight is 294 g/mol. The molecular formula is C17H30N2O2. The van der Waals surface area contributed by atoms with Gasteiger partial charge in [0.25, 0.3) is 0 Å². The Morgan fingerprint density at radius 2 is 2.00 bits per heavy atom. The molecule has 2 saturated heterocycles. The zero-order chi connectivity index (χ0) is 15.1. The second kappa shape index (κ2) is 5.88. The van der Waals surface area contributed by atoms with E-state index in [1.807, 2.05) is 0 Å². The van der Waals surface area contributed by atoms with Gasteiger partial charge in [0, 0.05) is 6.61 Å². The molecule has 5 unspecified atom stereocenters. The first-order valence-electron chi connectivity index (χ1n) is 8.74. The van der Waals surface area contributed by atoms with Gasteiger partial charge in [-0.3, -0.25) is 10.1 Å². The van der Waals surface area contributed by atoms with Crippen molar-refractivity contribution in [2.45, 2.75) is 77.7 Å². The van der Waals surface area contributed by atoms with Gasteiger partial charge in [0.05, 0.1) is 24.4 Å². The molecule has 21 heavy (non-hydrogen) atoms. The summed E-state index contributed by atoms with van der Waals surface area (Å²) in [6, 6.07) is 0.279. The highest BCUT2D eigenvalue weighted by Gasteiger charge is 2.51. The van der Waals surface area contributed by atoms with Gasteiger partial charge in [-0.15, -0.1) is 0 Å². The highest BCUT2D eigenvalue weighted by molar-refractivity contribution is 5.85. The Balaban J connectivity index is 1.81. The van der Waals surface area contributed by atoms with Crippen LogP contribution in [0.15, 0.2) is 0 Å². The third-order valence-corrected chi connectivity index (χ3v) is 5.56. The molecule has 5 atom stereocenters. The van der Waals surface area contributed by atoms with Crippen LogP contribution in [0.4, 0.5) is 0 Å². The van der Waals surface area contributed by atoms with E-state index in [9.17, 15) is 4.79 Å². The number of ether oxygens (including phenoxy) is 1. The number of hydrogen-bond donors (Lipinski definition) is 1. The summed E-state index contributed by atoms with van der Waals surface area (Å²) >= 11 is 0. The van der Waals surface area contributed by atoms with E-state index in [0.717, 1.165) is 19.4 Å². The molecule has 4 nitrogen and oxygen atoms in total. The monoisotopic (exact) mass is 294 g/mol.